The number of rotatable bonds is 8. The van der Waals surface area contributed by atoms with Crippen molar-refractivity contribution in [2.75, 3.05) is 19.1 Å². The van der Waals surface area contributed by atoms with Crippen molar-refractivity contribution in [3.8, 4) is 11.5 Å². The van der Waals surface area contributed by atoms with Crippen LogP contribution in [-0.4, -0.2) is 33.8 Å². The molecule has 152 valence electrons. The van der Waals surface area contributed by atoms with Gasteiger partial charge in [0.1, 0.15) is 11.5 Å². The first kappa shape index (κ1) is 19.4. The lowest BCUT2D eigenvalue weighted by Crippen LogP contribution is -2.24. The van der Waals surface area contributed by atoms with Crippen molar-refractivity contribution in [2.24, 2.45) is 0 Å². The minimum Gasteiger partial charge on any atom is -0.497 e. The van der Waals surface area contributed by atoms with E-state index in [1.165, 1.54) is 0 Å². The van der Waals surface area contributed by atoms with E-state index in [0.717, 1.165) is 28.4 Å². The standard InChI is InChI=1S/C23H23N5O2/c1-4-21-25-23-22(24-13-14-28(23)26-21)27(15-17-5-9-19(29-2)10-6-17)16-18-7-11-20(30-3)12-8-18/h4-14H,1,15-16H2,2-3H3. The summed E-state index contributed by atoms with van der Waals surface area (Å²) in [5, 5.41) is 4.42. The number of ether oxygens (including phenoxy) is 2. The van der Waals surface area contributed by atoms with Gasteiger partial charge in [0.05, 0.1) is 14.2 Å². The first-order valence-electron chi connectivity index (χ1n) is 9.55. The van der Waals surface area contributed by atoms with E-state index in [4.69, 9.17) is 9.47 Å². The number of fused-ring (bicyclic) bond motifs is 1. The lowest BCUT2D eigenvalue weighted by atomic mass is 10.1. The maximum atomic E-state index is 5.28. The molecule has 0 N–H and O–H groups in total. The molecule has 0 atom stereocenters. The van der Waals surface area contributed by atoms with Gasteiger partial charge < -0.3 is 14.4 Å². The molecule has 2 aromatic heterocycles. The van der Waals surface area contributed by atoms with Gasteiger partial charge in [-0.3, -0.25) is 0 Å². The zero-order valence-corrected chi connectivity index (χ0v) is 17.0. The molecule has 0 amide bonds. The summed E-state index contributed by atoms with van der Waals surface area (Å²) in [6, 6.07) is 16.1. The lowest BCUT2D eigenvalue weighted by molar-refractivity contribution is 0.414. The SMILES string of the molecule is C=Cc1nc2c(N(Cc3ccc(OC)cc3)Cc3ccc(OC)cc3)nccn2n1. The van der Waals surface area contributed by atoms with Crippen LogP contribution in [0.1, 0.15) is 17.0 Å². The largest absolute Gasteiger partial charge is 0.497 e. The summed E-state index contributed by atoms with van der Waals surface area (Å²) in [6.07, 6.45) is 5.16. The van der Waals surface area contributed by atoms with Gasteiger partial charge in [0.25, 0.3) is 0 Å². The van der Waals surface area contributed by atoms with E-state index in [1.807, 2.05) is 24.3 Å². The van der Waals surface area contributed by atoms with Crippen LogP contribution < -0.4 is 14.4 Å². The summed E-state index contributed by atoms with van der Waals surface area (Å²) in [5.41, 5.74) is 2.96. The van der Waals surface area contributed by atoms with Gasteiger partial charge in [-0.25, -0.2) is 14.5 Å². The molecule has 0 spiro atoms. The number of benzene rings is 2. The Bertz CT molecular complexity index is 1090. The van der Waals surface area contributed by atoms with E-state index >= 15 is 0 Å². The predicted molar refractivity (Wildman–Crippen MR) is 117 cm³/mol. The second kappa shape index (κ2) is 8.65. The summed E-state index contributed by atoms with van der Waals surface area (Å²) in [7, 11) is 3.33. The highest BCUT2D eigenvalue weighted by molar-refractivity contribution is 5.65. The van der Waals surface area contributed by atoms with Crippen molar-refractivity contribution in [1.82, 2.24) is 19.6 Å². The Balaban J connectivity index is 1.72. The second-order valence-corrected chi connectivity index (χ2v) is 6.75. The van der Waals surface area contributed by atoms with Crippen molar-refractivity contribution < 1.29 is 9.47 Å². The molecule has 2 aromatic carbocycles. The van der Waals surface area contributed by atoms with Gasteiger partial charge in [0.15, 0.2) is 17.3 Å². The molecular weight excluding hydrogens is 378 g/mol. The Morgan fingerprint density at radius 3 is 2.00 bits per heavy atom. The van der Waals surface area contributed by atoms with E-state index in [2.05, 4.69) is 50.8 Å². The Morgan fingerprint density at radius 2 is 1.50 bits per heavy atom. The lowest BCUT2D eigenvalue weighted by Gasteiger charge is -2.24. The fraction of sp³-hybridized carbons (Fsp3) is 0.174. The molecule has 7 nitrogen and oxygen atoms in total. The normalized spacial score (nSPS) is 10.7. The number of hydrogen-bond acceptors (Lipinski definition) is 6. The van der Waals surface area contributed by atoms with Crippen molar-refractivity contribution in [1.29, 1.82) is 0 Å². The summed E-state index contributed by atoms with van der Waals surface area (Å²) < 4.78 is 12.3. The highest BCUT2D eigenvalue weighted by atomic mass is 16.5. The highest BCUT2D eigenvalue weighted by Gasteiger charge is 2.16. The monoisotopic (exact) mass is 401 g/mol. The molecule has 0 bridgehead atoms. The highest BCUT2D eigenvalue weighted by Crippen LogP contribution is 2.24. The molecule has 0 saturated carbocycles. The maximum absolute atomic E-state index is 5.28. The fourth-order valence-electron chi connectivity index (χ4n) is 3.24. The first-order valence-corrected chi connectivity index (χ1v) is 9.55. The zero-order valence-electron chi connectivity index (χ0n) is 17.0. The number of hydrogen-bond donors (Lipinski definition) is 0. The smallest absolute Gasteiger partial charge is 0.199 e. The van der Waals surface area contributed by atoms with Gasteiger partial charge in [0, 0.05) is 25.5 Å². The van der Waals surface area contributed by atoms with Crippen LogP contribution in [-0.2, 0) is 13.1 Å². The molecule has 0 unspecified atom stereocenters. The van der Waals surface area contributed by atoms with E-state index < -0.39 is 0 Å². The van der Waals surface area contributed by atoms with Crippen molar-refractivity contribution >= 4 is 17.5 Å². The van der Waals surface area contributed by atoms with Crippen molar-refractivity contribution in [3.63, 3.8) is 0 Å². The second-order valence-electron chi connectivity index (χ2n) is 6.75. The van der Waals surface area contributed by atoms with Crippen molar-refractivity contribution in [2.45, 2.75) is 13.1 Å². The van der Waals surface area contributed by atoms with Crippen LogP contribution in [0.25, 0.3) is 11.7 Å². The number of methoxy groups -OCH3 is 2. The van der Waals surface area contributed by atoms with Gasteiger partial charge in [-0.15, -0.1) is 5.10 Å². The van der Waals surface area contributed by atoms with Gasteiger partial charge in [0.2, 0.25) is 0 Å². The third-order valence-electron chi connectivity index (χ3n) is 4.80. The van der Waals surface area contributed by atoms with Gasteiger partial charge >= 0.3 is 0 Å². The quantitative estimate of drug-likeness (QED) is 0.445. The Labute approximate surface area is 175 Å². The topological polar surface area (TPSA) is 64.8 Å². The molecule has 0 radical (unpaired) electrons. The fourth-order valence-corrected chi connectivity index (χ4v) is 3.24. The minimum atomic E-state index is 0.568. The summed E-state index contributed by atoms with van der Waals surface area (Å²) in [5.74, 6) is 2.98. The first-order chi connectivity index (χ1) is 14.7. The van der Waals surface area contributed by atoms with E-state index in [0.29, 0.717) is 24.6 Å². The summed E-state index contributed by atoms with van der Waals surface area (Å²) in [4.78, 5) is 11.4. The molecule has 7 heteroatoms. The minimum absolute atomic E-state index is 0.568. The summed E-state index contributed by atoms with van der Waals surface area (Å²) in [6.45, 7) is 5.08. The third kappa shape index (κ3) is 4.10. The molecule has 0 aliphatic carbocycles. The average molecular weight is 401 g/mol. The third-order valence-corrected chi connectivity index (χ3v) is 4.80. The molecule has 4 rings (SSSR count). The van der Waals surface area contributed by atoms with Gasteiger partial charge in [-0.05, 0) is 41.5 Å². The summed E-state index contributed by atoms with van der Waals surface area (Å²) >= 11 is 0. The van der Waals surface area contributed by atoms with Crippen LogP contribution in [0.15, 0.2) is 67.5 Å². The van der Waals surface area contributed by atoms with E-state index in [1.54, 1.807) is 37.2 Å². The molecule has 0 aliphatic heterocycles. The van der Waals surface area contributed by atoms with Crippen LogP contribution >= 0.6 is 0 Å². The molecule has 0 saturated heterocycles. The van der Waals surface area contributed by atoms with Crippen LogP contribution in [0, 0.1) is 0 Å². The molecule has 30 heavy (non-hydrogen) atoms. The number of aromatic nitrogens is 4. The number of nitrogens with zero attached hydrogens (tertiary/aromatic N) is 5. The molecule has 2 heterocycles. The van der Waals surface area contributed by atoms with Crippen LogP contribution in [0.4, 0.5) is 5.82 Å². The van der Waals surface area contributed by atoms with Crippen LogP contribution in [0.3, 0.4) is 0 Å². The van der Waals surface area contributed by atoms with Crippen LogP contribution in [0.5, 0.6) is 11.5 Å². The Hall–Kier alpha value is -3.87. The average Bonchev–Trinajstić information content (AvgIpc) is 3.23. The molecule has 0 aliphatic rings. The molecule has 0 fully saturated rings. The Kier molecular flexibility index (Phi) is 5.61. The van der Waals surface area contributed by atoms with Crippen LogP contribution in [0.2, 0.25) is 0 Å². The van der Waals surface area contributed by atoms with E-state index in [-0.39, 0.29) is 0 Å². The van der Waals surface area contributed by atoms with E-state index in [9.17, 15) is 0 Å². The molecule has 4 aromatic rings. The number of anilines is 1. The van der Waals surface area contributed by atoms with Gasteiger partial charge in [-0.1, -0.05) is 30.8 Å². The van der Waals surface area contributed by atoms with Crippen molar-refractivity contribution in [3.05, 3.63) is 84.5 Å². The molecular formula is C23H23N5O2. The zero-order chi connectivity index (χ0) is 20.9. The van der Waals surface area contributed by atoms with Gasteiger partial charge in [-0.2, -0.15) is 0 Å². The Morgan fingerprint density at radius 1 is 0.933 bits per heavy atom. The predicted octanol–water partition coefficient (Wildman–Crippen LogP) is 3.99. The maximum Gasteiger partial charge on any atom is 0.199 e.